The lowest BCUT2D eigenvalue weighted by Crippen LogP contribution is -2.34. The highest BCUT2D eigenvalue weighted by atomic mass is 16.2. The van der Waals surface area contributed by atoms with E-state index in [1.807, 2.05) is 12.3 Å². The molecule has 25 heavy (non-hydrogen) atoms. The number of rotatable bonds is 14. The van der Waals surface area contributed by atoms with E-state index >= 15 is 0 Å². The average Bonchev–Trinajstić information content (AvgIpc) is 2.60. The van der Waals surface area contributed by atoms with Crippen LogP contribution in [-0.4, -0.2) is 29.8 Å². The molecular weight excluding hydrogens is 314 g/mol. The third-order valence-corrected chi connectivity index (χ3v) is 4.45. The van der Waals surface area contributed by atoms with Gasteiger partial charge in [0, 0.05) is 24.5 Å². The Morgan fingerprint density at radius 1 is 1.04 bits per heavy atom. The number of nitrogens with zero attached hydrogens (tertiary/aromatic N) is 1. The van der Waals surface area contributed by atoms with Gasteiger partial charge in [-0.1, -0.05) is 70.8 Å². The van der Waals surface area contributed by atoms with Gasteiger partial charge in [0.15, 0.2) is 0 Å². The van der Waals surface area contributed by atoms with Gasteiger partial charge in [-0.15, -0.1) is 0 Å². The first-order valence-electron chi connectivity index (χ1n) is 9.83. The molecule has 0 atom stereocenters. The largest absolute Gasteiger partial charge is 0.366 e. The molecule has 2 amide bonds. The number of hydrogen-bond acceptors (Lipinski definition) is 3. The van der Waals surface area contributed by atoms with Crippen LogP contribution in [0.25, 0.3) is 0 Å². The molecule has 1 heterocycles. The van der Waals surface area contributed by atoms with E-state index in [1.165, 1.54) is 57.8 Å². The Bertz CT molecular complexity index is 458. The summed E-state index contributed by atoms with van der Waals surface area (Å²) in [5.41, 5.74) is 5.80. The van der Waals surface area contributed by atoms with E-state index in [-0.39, 0.29) is 12.5 Å². The molecule has 0 aromatic heterocycles. The van der Waals surface area contributed by atoms with Gasteiger partial charge in [-0.25, -0.2) is 0 Å². The zero-order valence-electron chi connectivity index (χ0n) is 15.8. The number of unbranched alkanes of at least 4 members (excludes halogenated alkanes) is 9. The standard InChI is InChI=1S/C20H35N3O2/c1-2-3-4-5-6-7-8-9-10-11-14-22-19(24)17-23-15-12-13-18(16-23)20(21)25/h12,15-16H,2-11,13-14,17H2,1H3,(H2,21,25)(H,22,24). The Labute approximate surface area is 152 Å². The minimum atomic E-state index is -0.430. The van der Waals surface area contributed by atoms with Crippen molar-refractivity contribution in [3.63, 3.8) is 0 Å². The monoisotopic (exact) mass is 349 g/mol. The maximum Gasteiger partial charge on any atom is 0.246 e. The summed E-state index contributed by atoms with van der Waals surface area (Å²) in [5, 5.41) is 2.94. The van der Waals surface area contributed by atoms with E-state index in [4.69, 9.17) is 5.73 Å². The summed E-state index contributed by atoms with van der Waals surface area (Å²) in [6.07, 6.45) is 18.7. The fraction of sp³-hybridized carbons (Fsp3) is 0.700. The number of allylic oxidation sites excluding steroid dienone is 1. The molecule has 0 unspecified atom stereocenters. The summed E-state index contributed by atoms with van der Waals surface area (Å²) in [4.78, 5) is 24.8. The zero-order chi connectivity index (χ0) is 18.3. The summed E-state index contributed by atoms with van der Waals surface area (Å²) in [7, 11) is 0. The van der Waals surface area contributed by atoms with E-state index in [2.05, 4.69) is 12.2 Å². The molecule has 0 spiro atoms. The van der Waals surface area contributed by atoms with Crippen LogP contribution in [0.15, 0.2) is 24.0 Å². The fourth-order valence-corrected chi connectivity index (χ4v) is 2.94. The first kappa shape index (κ1) is 21.3. The smallest absolute Gasteiger partial charge is 0.246 e. The van der Waals surface area contributed by atoms with Crippen molar-refractivity contribution in [2.45, 2.75) is 77.6 Å². The van der Waals surface area contributed by atoms with Crippen LogP contribution in [0.1, 0.15) is 77.6 Å². The maximum absolute atomic E-state index is 11.9. The van der Waals surface area contributed by atoms with Crippen molar-refractivity contribution < 1.29 is 9.59 Å². The lowest BCUT2D eigenvalue weighted by atomic mass is 10.1. The number of nitrogens with one attached hydrogen (secondary N) is 1. The van der Waals surface area contributed by atoms with Gasteiger partial charge >= 0.3 is 0 Å². The molecule has 0 saturated heterocycles. The molecule has 0 saturated carbocycles. The Kier molecular flexibility index (Phi) is 11.5. The molecule has 1 aliphatic rings. The van der Waals surface area contributed by atoms with Gasteiger partial charge in [-0.2, -0.15) is 0 Å². The normalized spacial score (nSPS) is 13.6. The lowest BCUT2D eigenvalue weighted by Gasteiger charge is -2.19. The van der Waals surface area contributed by atoms with Crippen LogP contribution < -0.4 is 11.1 Å². The quantitative estimate of drug-likeness (QED) is 0.470. The SMILES string of the molecule is CCCCCCCCCCCCNC(=O)CN1C=CCC(C(N)=O)=C1. The minimum Gasteiger partial charge on any atom is -0.366 e. The second-order valence-electron chi connectivity index (χ2n) is 6.81. The second-order valence-corrected chi connectivity index (χ2v) is 6.81. The van der Waals surface area contributed by atoms with Crippen LogP contribution in [-0.2, 0) is 9.59 Å². The van der Waals surface area contributed by atoms with E-state index in [9.17, 15) is 9.59 Å². The maximum atomic E-state index is 11.9. The zero-order valence-corrected chi connectivity index (χ0v) is 15.8. The van der Waals surface area contributed by atoms with Gasteiger partial charge in [-0.05, 0) is 12.8 Å². The molecule has 5 nitrogen and oxygen atoms in total. The molecule has 142 valence electrons. The Morgan fingerprint density at radius 2 is 1.64 bits per heavy atom. The predicted molar refractivity (Wildman–Crippen MR) is 103 cm³/mol. The Hall–Kier alpha value is -1.78. The number of carbonyl (C=O) groups is 2. The van der Waals surface area contributed by atoms with Crippen molar-refractivity contribution in [2.24, 2.45) is 5.73 Å². The molecule has 5 heteroatoms. The molecule has 0 aliphatic carbocycles. The molecule has 0 fully saturated rings. The van der Waals surface area contributed by atoms with Crippen molar-refractivity contribution in [2.75, 3.05) is 13.1 Å². The summed E-state index contributed by atoms with van der Waals surface area (Å²) in [5.74, 6) is -0.456. The second kappa shape index (κ2) is 13.5. The van der Waals surface area contributed by atoms with Gasteiger partial charge in [0.1, 0.15) is 6.54 Å². The van der Waals surface area contributed by atoms with Gasteiger partial charge in [0.2, 0.25) is 11.8 Å². The third kappa shape index (κ3) is 10.6. The van der Waals surface area contributed by atoms with Crippen molar-refractivity contribution in [3.8, 4) is 0 Å². The molecule has 0 bridgehead atoms. The van der Waals surface area contributed by atoms with Crippen LogP contribution in [0, 0.1) is 0 Å². The molecule has 1 rings (SSSR count). The number of nitrogens with two attached hydrogens (primary N) is 1. The number of carbonyl (C=O) groups excluding carboxylic acids is 2. The topological polar surface area (TPSA) is 75.4 Å². The summed E-state index contributed by atoms with van der Waals surface area (Å²) in [6, 6.07) is 0. The van der Waals surface area contributed by atoms with E-state index in [0.29, 0.717) is 12.0 Å². The summed E-state index contributed by atoms with van der Waals surface area (Å²) < 4.78 is 0. The first-order chi connectivity index (χ1) is 12.1. The lowest BCUT2D eigenvalue weighted by molar-refractivity contribution is -0.121. The van der Waals surface area contributed by atoms with E-state index in [0.717, 1.165) is 13.0 Å². The Morgan fingerprint density at radius 3 is 2.24 bits per heavy atom. The van der Waals surface area contributed by atoms with Crippen LogP contribution >= 0.6 is 0 Å². The summed E-state index contributed by atoms with van der Waals surface area (Å²) >= 11 is 0. The van der Waals surface area contributed by atoms with Crippen molar-refractivity contribution in [1.82, 2.24) is 10.2 Å². The number of primary amides is 1. The molecule has 3 N–H and O–H groups in total. The van der Waals surface area contributed by atoms with Crippen LogP contribution in [0.4, 0.5) is 0 Å². The van der Waals surface area contributed by atoms with Crippen molar-refractivity contribution in [3.05, 3.63) is 24.0 Å². The molecular formula is C20H35N3O2. The number of hydrogen-bond donors (Lipinski definition) is 2. The van der Waals surface area contributed by atoms with E-state index in [1.54, 1.807) is 11.1 Å². The molecule has 1 aliphatic heterocycles. The highest BCUT2D eigenvalue weighted by Crippen LogP contribution is 2.11. The molecule has 0 aromatic rings. The fourth-order valence-electron chi connectivity index (χ4n) is 2.94. The first-order valence-corrected chi connectivity index (χ1v) is 9.83. The van der Waals surface area contributed by atoms with Gasteiger partial charge < -0.3 is 16.0 Å². The minimum absolute atomic E-state index is 0.0254. The molecule has 0 aromatic carbocycles. The predicted octanol–water partition coefficient (Wildman–Crippen LogP) is 3.61. The van der Waals surface area contributed by atoms with Gasteiger partial charge in [0.25, 0.3) is 0 Å². The Balaban J connectivity index is 1.98. The average molecular weight is 350 g/mol. The third-order valence-electron chi connectivity index (χ3n) is 4.45. The van der Waals surface area contributed by atoms with Crippen LogP contribution in [0.5, 0.6) is 0 Å². The summed E-state index contributed by atoms with van der Waals surface area (Å²) in [6.45, 7) is 3.20. The molecule has 0 radical (unpaired) electrons. The van der Waals surface area contributed by atoms with Crippen molar-refractivity contribution >= 4 is 11.8 Å². The highest BCUT2D eigenvalue weighted by molar-refractivity contribution is 5.92. The van der Waals surface area contributed by atoms with Crippen LogP contribution in [0.2, 0.25) is 0 Å². The van der Waals surface area contributed by atoms with Gasteiger partial charge in [0.05, 0.1) is 0 Å². The van der Waals surface area contributed by atoms with Crippen molar-refractivity contribution in [1.29, 1.82) is 0 Å². The van der Waals surface area contributed by atoms with E-state index < -0.39 is 5.91 Å². The highest BCUT2D eigenvalue weighted by Gasteiger charge is 2.12. The number of amides is 2. The van der Waals surface area contributed by atoms with Gasteiger partial charge in [-0.3, -0.25) is 9.59 Å². The van der Waals surface area contributed by atoms with Crippen LogP contribution in [0.3, 0.4) is 0 Å².